The minimum atomic E-state index is -0.978. The summed E-state index contributed by atoms with van der Waals surface area (Å²) in [6, 6.07) is 7.04. The molecule has 0 unspecified atom stereocenters. The lowest BCUT2D eigenvalue weighted by Crippen LogP contribution is -2.45. The largest absolute Gasteiger partial charge is 0.481 e. The van der Waals surface area contributed by atoms with Crippen molar-refractivity contribution >= 4 is 40.8 Å². The van der Waals surface area contributed by atoms with E-state index in [2.05, 4.69) is 10.6 Å². The molecular formula is C21H29N3O5S2. The lowest BCUT2D eigenvalue weighted by Gasteiger charge is -2.24. The molecule has 0 radical (unpaired) electrons. The topological polar surface area (TPSA) is 108 Å². The van der Waals surface area contributed by atoms with Crippen LogP contribution in [0.25, 0.3) is 0 Å². The number of carboxylic acid groups (broad SMARTS) is 1. The number of hydrogen-bond acceptors (Lipinski definition) is 6. The van der Waals surface area contributed by atoms with Gasteiger partial charge in [0.2, 0.25) is 0 Å². The van der Waals surface area contributed by atoms with Crippen molar-refractivity contribution in [1.29, 1.82) is 0 Å². The average molecular weight is 468 g/mol. The Hall–Kier alpha value is -2.59. The van der Waals surface area contributed by atoms with Crippen molar-refractivity contribution in [3.63, 3.8) is 0 Å². The molecule has 8 nitrogen and oxygen atoms in total. The summed E-state index contributed by atoms with van der Waals surface area (Å²) in [4.78, 5) is 39.2. The van der Waals surface area contributed by atoms with Gasteiger partial charge in [0.05, 0.1) is 25.6 Å². The van der Waals surface area contributed by atoms with Crippen LogP contribution in [0.1, 0.15) is 42.4 Å². The molecule has 2 aromatic heterocycles. The van der Waals surface area contributed by atoms with Crippen molar-refractivity contribution in [2.75, 3.05) is 13.2 Å². The lowest BCUT2D eigenvalue weighted by atomic mass is 10.1. The second-order valence-corrected chi connectivity index (χ2v) is 9.04. The molecule has 0 saturated heterocycles. The molecular weight excluding hydrogens is 438 g/mol. The SMILES string of the molecule is CCCC[C@@H](COC(=O)N(Cc1cccs1)Cc1cccs1)NC(=O)NCCC(=O)O. The normalized spacial score (nSPS) is 11.5. The number of rotatable bonds is 13. The fourth-order valence-electron chi connectivity index (χ4n) is 2.80. The summed E-state index contributed by atoms with van der Waals surface area (Å²) in [5.41, 5.74) is 0. The van der Waals surface area contributed by atoms with E-state index < -0.39 is 18.1 Å². The molecule has 0 fully saturated rings. The number of carbonyl (C=O) groups is 3. The molecule has 0 aliphatic heterocycles. The molecule has 170 valence electrons. The van der Waals surface area contributed by atoms with Gasteiger partial charge in [-0.3, -0.25) is 9.69 Å². The first-order valence-electron chi connectivity index (χ1n) is 10.2. The maximum Gasteiger partial charge on any atom is 0.410 e. The molecule has 3 amide bonds. The monoisotopic (exact) mass is 467 g/mol. The van der Waals surface area contributed by atoms with Crippen LogP contribution in [0.15, 0.2) is 35.0 Å². The molecule has 2 rings (SSSR count). The van der Waals surface area contributed by atoms with Gasteiger partial charge in [0, 0.05) is 16.3 Å². The summed E-state index contributed by atoms with van der Waals surface area (Å²) in [7, 11) is 0. The van der Waals surface area contributed by atoms with Crippen LogP contribution in [0.3, 0.4) is 0 Å². The summed E-state index contributed by atoms with van der Waals surface area (Å²) >= 11 is 3.16. The Morgan fingerprint density at radius 3 is 2.29 bits per heavy atom. The van der Waals surface area contributed by atoms with Gasteiger partial charge >= 0.3 is 18.1 Å². The number of nitrogens with zero attached hydrogens (tertiary/aromatic N) is 1. The standard InChI is InChI=1S/C21H29N3O5S2/c1-2-3-6-16(23-20(27)22-10-9-19(25)26)15-29-21(28)24(13-17-7-4-11-30-17)14-18-8-5-12-31-18/h4-5,7-8,11-12,16H,2-3,6,9-10,13-15H2,1H3,(H,25,26)(H2,22,23,27)/t16-/m0/s1. The quantitative estimate of drug-likeness (QED) is 0.407. The fourth-order valence-corrected chi connectivity index (χ4v) is 4.24. The van der Waals surface area contributed by atoms with Crippen LogP contribution in [-0.4, -0.2) is 47.3 Å². The zero-order valence-electron chi connectivity index (χ0n) is 17.5. The van der Waals surface area contributed by atoms with Gasteiger partial charge in [-0.2, -0.15) is 0 Å². The van der Waals surface area contributed by atoms with E-state index in [1.807, 2.05) is 41.9 Å². The van der Waals surface area contributed by atoms with Gasteiger partial charge < -0.3 is 20.5 Å². The van der Waals surface area contributed by atoms with E-state index in [0.29, 0.717) is 19.5 Å². The number of ether oxygens (including phenoxy) is 1. The highest BCUT2D eigenvalue weighted by molar-refractivity contribution is 7.10. The maximum atomic E-state index is 12.8. The first-order valence-corrected chi connectivity index (χ1v) is 12.0. The van der Waals surface area contributed by atoms with Gasteiger partial charge in [-0.1, -0.05) is 31.9 Å². The molecule has 10 heteroatoms. The summed E-state index contributed by atoms with van der Waals surface area (Å²) in [6.45, 7) is 3.04. The summed E-state index contributed by atoms with van der Waals surface area (Å²) in [5, 5.41) is 17.9. The number of urea groups is 1. The van der Waals surface area contributed by atoms with Crippen molar-refractivity contribution in [3.05, 3.63) is 44.8 Å². The molecule has 0 saturated carbocycles. The van der Waals surface area contributed by atoms with E-state index in [0.717, 1.165) is 22.6 Å². The molecule has 0 aliphatic carbocycles. The van der Waals surface area contributed by atoms with Crippen molar-refractivity contribution in [1.82, 2.24) is 15.5 Å². The second kappa shape index (κ2) is 13.7. The second-order valence-electron chi connectivity index (χ2n) is 6.97. The lowest BCUT2D eigenvalue weighted by molar-refractivity contribution is -0.136. The summed E-state index contributed by atoms with van der Waals surface area (Å²) in [6.07, 6.45) is 1.88. The highest BCUT2D eigenvalue weighted by atomic mass is 32.1. The Morgan fingerprint density at radius 1 is 1.13 bits per heavy atom. The Labute approximate surface area is 190 Å². The van der Waals surface area contributed by atoms with Crippen LogP contribution in [0.4, 0.5) is 9.59 Å². The molecule has 1 atom stereocenters. The number of carbonyl (C=O) groups excluding carboxylic acids is 2. The maximum absolute atomic E-state index is 12.8. The highest BCUT2D eigenvalue weighted by Crippen LogP contribution is 2.18. The Kier molecular flexibility index (Phi) is 10.9. The predicted molar refractivity (Wildman–Crippen MR) is 121 cm³/mol. The molecule has 0 aromatic carbocycles. The van der Waals surface area contributed by atoms with Crippen molar-refractivity contribution < 1.29 is 24.2 Å². The smallest absolute Gasteiger partial charge is 0.410 e. The van der Waals surface area contributed by atoms with Gasteiger partial charge in [-0.25, -0.2) is 9.59 Å². The predicted octanol–water partition coefficient (Wildman–Crippen LogP) is 4.28. The molecule has 0 spiro atoms. The Bertz CT molecular complexity index is 760. The first-order chi connectivity index (χ1) is 15.0. The summed E-state index contributed by atoms with van der Waals surface area (Å²) in [5.74, 6) is -0.978. The van der Waals surface area contributed by atoms with Gasteiger partial charge in [-0.15, -0.1) is 22.7 Å². The minimum absolute atomic E-state index is 0.0385. The van der Waals surface area contributed by atoms with E-state index in [1.54, 1.807) is 27.6 Å². The molecule has 3 N–H and O–H groups in total. The van der Waals surface area contributed by atoms with Gasteiger partial charge in [0.1, 0.15) is 6.61 Å². The fraction of sp³-hybridized carbons (Fsp3) is 0.476. The van der Waals surface area contributed by atoms with Gasteiger partial charge in [0.15, 0.2) is 0 Å². The Morgan fingerprint density at radius 2 is 1.77 bits per heavy atom. The van der Waals surface area contributed by atoms with E-state index in [4.69, 9.17) is 9.84 Å². The van der Waals surface area contributed by atoms with Crippen molar-refractivity contribution in [3.8, 4) is 0 Å². The van der Waals surface area contributed by atoms with Gasteiger partial charge in [-0.05, 0) is 29.3 Å². The number of amides is 3. The first kappa shape index (κ1) is 24.7. The zero-order valence-corrected chi connectivity index (χ0v) is 19.2. The molecule has 2 heterocycles. The third-order valence-electron chi connectivity index (χ3n) is 4.39. The number of thiophene rings is 2. The van der Waals surface area contributed by atoms with E-state index >= 15 is 0 Å². The van der Waals surface area contributed by atoms with Crippen LogP contribution in [-0.2, 0) is 22.6 Å². The van der Waals surface area contributed by atoms with Crippen molar-refractivity contribution in [2.24, 2.45) is 0 Å². The third kappa shape index (κ3) is 9.84. The molecule has 2 aromatic rings. The highest BCUT2D eigenvalue weighted by Gasteiger charge is 2.20. The number of nitrogens with one attached hydrogen (secondary N) is 2. The van der Waals surface area contributed by atoms with E-state index in [1.165, 1.54) is 0 Å². The minimum Gasteiger partial charge on any atom is -0.481 e. The van der Waals surface area contributed by atoms with Crippen LogP contribution < -0.4 is 10.6 Å². The summed E-state index contributed by atoms with van der Waals surface area (Å²) < 4.78 is 5.56. The number of aliphatic carboxylic acids is 1. The van der Waals surface area contributed by atoms with Crippen LogP contribution >= 0.6 is 22.7 Å². The van der Waals surface area contributed by atoms with Crippen LogP contribution in [0, 0.1) is 0 Å². The molecule has 0 aliphatic rings. The zero-order chi connectivity index (χ0) is 22.5. The number of carboxylic acids is 1. The van der Waals surface area contributed by atoms with Crippen LogP contribution in [0.2, 0.25) is 0 Å². The number of hydrogen-bond donors (Lipinski definition) is 3. The van der Waals surface area contributed by atoms with E-state index in [-0.39, 0.29) is 25.6 Å². The Balaban J connectivity index is 1.91. The molecule has 0 bridgehead atoms. The third-order valence-corrected chi connectivity index (χ3v) is 6.11. The number of unbranched alkanes of at least 4 members (excludes halogenated alkanes) is 1. The average Bonchev–Trinajstić information content (AvgIpc) is 3.43. The molecule has 31 heavy (non-hydrogen) atoms. The van der Waals surface area contributed by atoms with Crippen molar-refractivity contribution in [2.45, 2.75) is 51.7 Å². The van der Waals surface area contributed by atoms with Crippen LogP contribution in [0.5, 0.6) is 0 Å². The van der Waals surface area contributed by atoms with E-state index in [9.17, 15) is 14.4 Å². The van der Waals surface area contributed by atoms with Gasteiger partial charge in [0.25, 0.3) is 0 Å².